The van der Waals surface area contributed by atoms with Crippen molar-refractivity contribution >= 4 is 5.84 Å². The summed E-state index contributed by atoms with van der Waals surface area (Å²) in [5.74, 6) is 2.93. The number of nitrogens with two attached hydrogens (primary N) is 1. The van der Waals surface area contributed by atoms with E-state index in [1.165, 1.54) is 0 Å². The third-order valence-electron chi connectivity index (χ3n) is 2.95. The molecule has 4 heteroatoms. The molecule has 0 bridgehead atoms. The SMILES string of the molecule is C#CCC(C)NCCCCC(C)(C)C(N)=NO. The maximum absolute atomic E-state index is 8.64. The molecule has 0 rings (SSSR count). The van der Waals surface area contributed by atoms with Crippen molar-refractivity contribution in [3.05, 3.63) is 0 Å². The lowest BCUT2D eigenvalue weighted by atomic mass is 9.86. The Labute approximate surface area is 105 Å². The highest BCUT2D eigenvalue weighted by Gasteiger charge is 2.22. The van der Waals surface area contributed by atoms with E-state index in [9.17, 15) is 0 Å². The molecule has 0 radical (unpaired) electrons. The Morgan fingerprint density at radius 1 is 1.53 bits per heavy atom. The fourth-order valence-electron chi connectivity index (χ4n) is 1.55. The lowest BCUT2D eigenvalue weighted by Gasteiger charge is -2.22. The van der Waals surface area contributed by atoms with Gasteiger partial charge in [-0.2, -0.15) is 0 Å². The van der Waals surface area contributed by atoms with Crippen molar-refractivity contribution < 1.29 is 5.21 Å². The van der Waals surface area contributed by atoms with Crippen LogP contribution in [0.3, 0.4) is 0 Å². The summed E-state index contributed by atoms with van der Waals surface area (Å²) >= 11 is 0. The Morgan fingerprint density at radius 2 is 2.18 bits per heavy atom. The van der Waals surface area contributed by atoms with Crippen LogP contribution in [0.25, 0.3) is 0 Å². The van der Waals surface area contributed by atoms with Crippen LogP contribution in [0, 0.1) is 17.8 Å². The van der Waals surface area contributed by atoms with E-state index in [0.717, 1.165) is 32.2 Å². The summed E-state index contributed by atoms with van der Waals surface area (Å²) in [5.41, 5.74) is 5.38. The molecule has 0 aromatic heterocycles. The van der Waals surface area contributed by atoms with Gasteiger partial charge in [-0.25, -0.2) is 0 Å². The van der Waals surface area contributed by atoms with E-state index in [2.05, 4.69) is 23.3 Å². The summed E-state index contributed by atoms with van der Waals surface area (Å²) < 4.78 is 0. The summed E-state index contributed by atoms with van der Waals surface area (Å²) in [6.07, 6.45) is 9.00. The van der Waals surface area contributed by atoms with Crippen LogP contribution < -0.4 is 11.1 Å². The van der Waals surface area contributed by atoms with Crippen LogP contribution in [0.1, 0.15) is 46.5 Å². The quantitative estimate of drug-likeness (QED) is 0.151. The van der Waals surface area contributed by atoms with E-state index < -0.39 is 0 Å². The zero-order chi connectivity index (χ0) is 13.3. The molecular formula is C13H25N3O. The predicted molar refractivity (Wildman–Crippen MR) is 72.0 cm³/mol. The van der Waals surface area contributed by atoms with E-state index in [1.54, 1.807) is 0 Å². The fourth-order valence-corrected chi connectivity index (χ4v) is 1.55. The molecule has 0 aliphatic rings. The van der Waals surface area contributed by atoms with Crippen LogP contribution in [-0.2, 0) is 0 Å². The minimum absolute atomic E-state index is 0.237. The second-order valence-corrected chi connectivity index (χ2v) is 5.09. The van der Waals surface area contributed by atoms with Gasteiger partial charge in [0.05, 0.1) is 0 Å². The summed E-state index contributed by atoms with van der Waals surface area (Å²) in [6.45, 7) is 7.00. The molecule has 4 nitrogen and oxygen atoms in total. The van der Waals surface area contributed by atoms with Crippen LogP contribution in [0.5, 0.6) is 0 Å². The van der Waals surface area contributed by atoms with Crippen molar-refractivity contribution in [3.63, 3.8) is 0 Å². The predicted octanol–water partition coefficient (Wildman–Crippen LogP) is 1.93. The molecule has 0 fully saturated rings. The Hall–Kier alpha value is -1.21. The number of terminal acetylenes is 1. The van der Waals surface area contributed by atoms with Gasteiger partial charge in [0.2, 0.25) is 0 Å². The largest absolute Gasteiger partial charge is 0.409 e. The number of rotatable bonds is 8. The molecule has 1 unspecified atom stereocenters. The third kappa shape index (κ3) is 6.85. The molecule has 17 heavy (non-hydrogen) atoms. The zero-order valence-electron chi connectivity index (χ0n) is 11.2. The minimum Gasteiger partial charge on any atom is -0.409 e. The number of nitrogens with zero attached hydrogens (tertiary/aromatic N) is 1. The van der Waals surface area contributed by atoms with Crippen molar-refractivity contribution in [3.8, 4) is 12.3 Å². The van der Waals surface area contributed by atoms with Crippen molar-refractivity contribution in [2.75, 3.05) is 6.54 Å². The van der Waals surface area contributed by atoms with E-state index in [0.29, 0.717) is 11.9 Å². The highest BCUT2D eigenvalue weighted by Crippen LogP contribution is 2.23. The van der Waals surface area contributed by atoms with Crippen LogP contribution in [0.2, 0.25) is 0 Å². The van der Waals surface area contributed by atoms with Crippen molar-refractivity contribution in [2.45, 2.75) is 52.5 Å². The molecule has 0 aromatic rings. The number of amidine groups is 1. The Morgan fingerprint density at radius 3 is 2.71 bits per heavy atom. The number of oxime groups is 1. The molecule has 0 aliphatic carbocycles. The first-order valence-corrected chi connectivity index (χ1v) is 6.09. The zero-order valence-corrected chi connectivity index (χ0v) is 11.2. The van der Waals surface area contributed by atoms with Gasteiger partial charge in [0.1, 0.15) is 5.84 Å². The standard InChI is InChI=1S/C13H25N3O/c1-5-8-11(2)15-10-7-6-9-13(3,4)12(14)16-17/h1,11,15,17H,6-10H2,2-4H3,(H2,14,16). The fraction of sp³-hybridized carbons (Fsp3) is 0.769. The van der Waals surface area contributed by atoms with E-state index in [4.69, 9.17) is 17.4 Å². The van der Waals surface area contributed by atoms with E-state index in [-0.39, 0.29) is 5.41 Å². The molecule has 98 valence electrons. The lowest BCUT2D eigenvalue weighted by molar-refractivity contribution is 0.304. The van der Waals surface area contributed by atoms with Crippen LogP contribution in [-0.4, -0.2) is 23.6 Å². The van der Waals surface area contributed by atoms with Gasteiger partial charge in [-0.05, 0) is 26.3 Å². The maximum atomic E-state index is 8.64. The first kappa shape index (κ1) is 15.8. The van der Waals surface area contributed by atoms with Crippen molar-refractivity contribution in [2.24, 2.45) is 16.3 Å². The van der Waals surface area contributed by atoms with Crippen LogP contribution in [0.15, 0.2) is 5.16 Å². The highest BCUT2D eigenvalue weighted by atomic mass is 16.4. The average Bonchev–Trinajstić information content (AvgIpc) is 2.27. The lowest BCUT2D eigenvalue weighted by Crippen LogP contribution is -2.32. The molecule has 0 aliphatic heterocycles. The van der Waals surface area contributed by atoms with Gasteiger partial charge < -0.3 is 16.3 Å². The number of unbranched alkanes of at least 4 members (excludes halogenated alkanes) is 1. The summed E-state index contributed by atoms with van der Waals surface area (Å²) in [5, 5.41) is 15.1. The van der Waals surface area contributed by atoms with Gasteiger partial charge in [-0.15, -0.1) is 12.3 Å². The Kier molecular flexibility index (Phi) is 7.40. The number of hydrogen-bond donors (Lipinski definition) is 3. The number of nitrogens with one attached hydrogen (secondary N) is 1. The molecule has 1 atom stereocenters. The molecule has 0 saturated carbocycles. The van der Waals surface area contributed by atoms with Gasteiger partial charge in [0.25, 0.3) is 0 Å². The third-order valence-corrected chi connectivity index (χ3v) is 2.95. The van der Waals surface area contributed by atoms with Gasteiger partial charge >= 0.3 is 0 Å². The van der Waals surface area contributed by atoms with E-state index in [1.807, 2.05) is 13.8 Å². The second kappa shape index (κ2) is 7.97. The van der Waals surface area contributed by atoms with Gasteiger partial charge in [0.15, 0.2) is 0 Å². The molecule has 0 amide bonds. The van der Waals surface area contributed by atoms with Crippen LogP contribution in [0.4, 0.5) is 0 Å². The summed E-state index contributed by atoms with van der Waals surface area (Å²) in [6, 6.07) is 0.372. The number of hydrogen-bond acceptors (Lipinski definition) is 3. The maximum Gasteiger partial charge on any atom is 0.144 e. The highest BCUT2D eigenvalue weighted by molar-refractivity contribution is 5.85. The topological polar surface area (TPSA) is 70.6 Å². The normalized spacial score (nSPS) is 14.4. The monoisotopic (exact) mass is 239 g/mol. The van der Waals surface area contributed by atoms with E-state index >= 15 is 0 Å². The van der Waals surface area contributed by atoms with Gasteiger partial charge in [-0.1, -0.05) is 25.4 Å². The molecule has 0 heterocycles. The van der Waals surface area contributed by atoms with Gasteiger partial charge in [-0.3, -0.25) is 0 Å². The smallest absolute Gasteiger partial charge is 0.144 e. The van der Waals surface area contributed by atoms with Gasteiger partial charge in [0, 0.05) is 17.9 Å². The molecule has 0 aromatic carbocycles. The van der Waals surface area contributed by atoms with Crippen molar-refractivity contribution in [1.82, 2.24) is 5.32 Å². The molecule has 0 spiro atoms. The summed E-state index contributed by atoms with van der Waals surface area (Å²) in [7, 11) is 0. The first-order valence-electron chi connectivity index (χ1n) is 6.09. The Bertz CT molecular complexity index is 279. The van der Waals surface area contributed by atoms with Crippen molar-refractivity contribution in [1.29, 1.82) is 0 Å². The molecule has 4 N–H and O–H groups in total. The second-order valence-electron chi connectivity index (χ2n) is 5.09. The average molecular weight is 239 g/mol. The molecular weight excluding hydrogens is 214 g/mol. The summed E-state index contributed by atoms with van der Waals surface area (Å²) in [4.78, 5) is 0. The Balaban J connectivity index is 3.69. The van der Waals surface area contributed by atoms with Crippen LogP contribution >= 0.6 is 0 Å². The first-order chi connectivity index (χ1) is 7.94. The molecule has 0 saturated heterocycles. The minimum atomic E-state index is -0.237.